The topological polar surface area (TPSA) is 57.6 Å². The van der Waals surface area contributed by atoms with Gasteiger partial charge in [0.2, 0.25) is 5.91 Å². The Labute approximate surface area is 143 Å². The van der Waals surface area contributed by atoms with Crippen molar-refractivity contribution in [2.45, 2.75) is 50.9 Å². The van der Waals surface area contributed by atoms with Crippen molar-refractivity contribution < 1.29 is 14.7 Å². The molecule has 1 unspecified atom stereocenters. The summed E-state index contributed by atoms with van der Waals surface area (Å²) in [6.07, 6.45) is 5.86. The first-order valence-electron chi connectivity index (χ1n) is 9.16. The van der Waals surface area contributed by atoms with Gasteiger partial charge in [0.05, 0.1) is 0 Å². The number of amides is 1. The van der Waals surface area contributed by atoms with E-state index in [1.807, 2.05) is 11.0 Å². The number of hydrogen-bond donors (Lipinski definition) is 1. The van der Waals surface area contributed by atoms with Crippen molar-refractivity contribution in [3.8, 4) is 0 Å². The van der Waals surface area contributed by atoms with Crippen molar-refractivity contribution >= 4 is 11.9 Å². The van der Waals surface area contributed by atoms with E-state index in [9.17, 15) is 9.59 Å². The minimum atomic E-state index is -0.736. The van der Waals surface area contributed by atoms with Crippen LogP contribution in [0.4, 0.5) is 0 Å². The molecule has 1 aromatic rings. The molecule has 1 saturated heterocycles. The van der Waals surface area contributed by atoms with E-state index in [-0.39, 0.29) is 12.3 Å². The minimum absolute atomic E-state index is 0.216. The van der Waals surface area contributed by atoms with Crippen LogP contribution in [0.5, 0.6) is 0 Å². The molecule has 24 heavy (non-hydrogen) atoms. The number of likely N-dealkylation sites (tertiary alicyclic amines) is 1. The van der Waals surface area contributed by atoms with Gasteiger partial charge in [-0.15, -0.1) is 0 Å². The van der Waals surface area contributed by atoms with Crippen molar-refractivity contribution in [2.75, 3.05) is 13.1 Å². The van der Waals surface area contributed by atoms with Gasteiger partial charge in [0.15, 0.2) is 0 Å². The quantitative estimate of drug-likeness (QED) is 0.866. The largest absolute Gasteiger partial charge is 0.481 e. The van der Waals surface area contributed by atoms with Gasteiger partial charge in [0.1, 0.15) is 0 Å². The second kappa shape index (κ2) is 7.82. The highest BCUT2D eigenvalue weighted by Gasteiger charge is 2.33. The SMILES string of the molecule is O=C(O)CCC1CCCN(C(=O)CC2CC(c3ccccc3)C2)C1. The molecule has 0 aromatic heterocycles. The Morgan fingerprint density at radius 2 is 1.88 bits per heavy atom. The third-order valence-corrected chi connectivity index (χ3v) is 5.61. The molecule has 1 amide bonds. The summed E-state index contributed by atoms with van der Waals surface area (Å²) in [5.41, 5.74) is 1.40. The summed E-state index contributed by atoms with van der Waals surface area (Å²) < 4.78 is 0. The summed E-state index contributed by atoms with van der Waals surface area (Å²) in [6.45, 7) is 1.60. The van der Waals surface area contributed by atoms with Crippen LogP contribution in [0.15, 0.2) is 30.3 Å². The molecular formula is C20H27NO3. The number of rotatable bonds is 6. The molecule has 1 aliphatic carbocycles. The number of carboxylic acids is 1. The van der Waals surface area contributed by atoms with Crippen LogP contribution in [0, 0.1) is 11.8 Å². The van der Waals surface area contributed by atoms with Crippen LogP contribution < -0.4 is 0 Å². The molecule has 4 nitrogen and oxygen atoms in total. The summed E-state index contributed by atoms with van der Waals surface area (Å²) in [5, 5.41) is 8.82. The Balaban J connectivity index is 1.42. The Morgan fingerprint density at radius 3 is 2.58 bits per heavy atom. The molecule has 1 aromatic carbocycles. The highest BCUT2D eigenvalue weighted by molar-refractivity contribution is 5.76. The van der Waals surface area contributed by atoms with E-state index < -0.39 is 5.97 Å². The highest BCUT2D eigenvalue weighted by atomic mass is 16.4. The van der Waals surface area contributed by atoms with E-state index in [2.05, 4.69) is 24.3 Å². The summed E-state index contributed by atoms with van der Waals surface area (Å²) in [5.74, 6) is 1.03. The number of carbonyl (C=O) groups is 2. The molecule has 0 bridgehead atoms. The van der Waals surface area contributed by atoms with Gasteiger partial charge in [-0.1, -0.05) is 30.3 Å². The predicted molar refractivity (Wildman–Crippen MR) is 92.7 cm³/mol. The van der Waals surface area contributed by atoms with Crippen LogP contribution in [0.25, 0.3) is 0 Å². The Morgan fingerprint density at radius 1 is 1.12 bits per heavy atom. The normalized spacial score (nSPS) is 26.7. The highest BCUT2D eigenvalue weighted by Crippen LogP contribution is 2.43. The maximum atomic E-state index is 12.5. The summed E-state index contributed by atoms with van der Waals surface area (Å²) in [4.78, 5) is 25.2. The molecule has 0 spiro atoms. The molecule has 1 saturated carbocycles. The Hall–Kier alpha value is -1.84. The van der Waals surface area contributed by atoms with Gasteiger partial charge in [-0.05, 0) is 55.4 Å². The van der Waals surface area contributed by atoms with E-state index in [0.29, 0.717) is 30.6 Å². The number of nitrogens with zero attached hydrogens (tertiary/aromatic N) is 1. The number of aliphatic carboxylic acids is 1. The van der Waals surface area contributed by atoms with Crippen molar-refractivity contribution in [3.05, 3.63) is 35.9 Å². The standard InChI is InChI=1S/C20H27NO3/c22-19(21-10-4-5-15(14-21)8-9-20(23)24)13-16-11-18(12-16)17-6-2-1-3-7-17/h1-3,6-7,15-16,18H,4-5,8-14H2,(H,23,24). The lowest BCUT2D eigenvalue weighted by Gasteiger charge is -2.38. The summed E-state index contributed by atoms with van der Waals surface area (Å²) >= 11 is 0. The van der Waals surface area contributed by atoms with E-state index in [1.165, 1.54) is 5.56 Å². The van der Waals surface area contributed by atoms with Gasteiger partial charge in [-0.2, -0.15) is 0 Å². The fourth-order valence-electron chi connectivity index (χ4n) is 4.13. The number of carbonyl (C=O) groups excluding carboxylic acids is 1. The molecule has 2 fully saturated rings. The minimum Gasteiger partial charge on any atom is -0.481 e. The smallest absolute Gasteiger partial charge is 0.303 e. The molecule has 1 atom stereocenters. The first kappa shape index (κ1) is 17.0. The maximum absolute atomic E-state index is 12.5. The van der Waals surface area contributed by atoms with E-state index in [4.69, 9.17) is 5.11 Å². The zero-order chi connectivity index (χ0) is 16.9. The average molecular weight is 329 g/mol. The summed E-state index contributed by atoms with van der Waals surface area (Å²) in [6, 6.07) is 10.6. The first-order valence-corrected chi connectivity index (χ1v) is 9.16. The third kappa shape index (κ3) is 4.37. The van der Waals surface area contributed by atoms with E-state index >= 15 is 0 Å². The van der Waals surface area contributed by atoms with Crippen LogP contribution in [0.2, 0.25) is 0 Å². The number of piperidine rings is 1. The molecule has 2 aliphatic rings. The summed E-state index contributed by atoms with van der Waals surface area (Å²) in [7, 11) is 0. The van der Waals surface area contributed by atoms with Crippen LogP contribution in [0.3, 0.4) is 0 Å². The Bertz CT molecular complexity index is 566. The second-order valence-electron chi connectivity index (χ2n) is 7.43. The fraction of sp³-hybridized carbons (Fsp3) is 0.600. The van der Waals surface area contributed by atoms with Gasteiger partial charge in [0, 0.05) is 25.9 Å². The van der Waals surface area contributed by atoms with Gasteiger partial charge < -0.3 is 10.0 Å². The predicted octanol–water partition coefficient (Wildman–Crippen LogP) is 3.67. The van der Waals surface area contributed by atoms with E-state index in [0.717, 1.165) is 38.8 Å². The Kier molecular flexibility index (Phi) is 5.54. The van der Waals surface area contributed by atoms with Gasteiger partial charge in [0.25, 0.3) is 0 Å². The average Bonchev–Trinajstić information content (AvgIpc) is 2.56. The lowest BCUT2D eigenvalue weighted by atomic mass is 9.70. The van der Waals surface area contributed by atoms with Crippen molar-refractivity contribution in [1.82, 2.24) is 4.90 Å². The third-order valence-electron chi connectivity index (χ3n) is 5.61. The van der Waals surface area contributed by atoms with Crippen LogP contribution in [-0.4, -0.2) is 35.0 Å². The van der Waals surface area contributed by atoms with Crippen molar-refractivity contribution in [2.24, 2.45) is 11.8 Å². The van der Waals surface area contributed by atoms with Crippen molar-refractivity contribution in [3.63, 3.8) is 0 Å². The first-order chi connectivity index (χ1) is 11.6. The molecule has 1 heterocycles. The molecule has 4 heteroatoms. The number of carboxylic acid groups (broad SMARTS) is 1. The van der Waals surface area contributed by atoms with Crippen LogP contribution >= 0.6 is 0 Å². The zero-order valence-corrected chi connectivity index (χ0v) is 14.2. The lowest BCUT2D eigenvalue weighted by molar-refractivity contribution is -0.137. The molecule has 0 radical (unpaired) electrons. The molecular weight excluding hydrogens is 302 g/mol. The maximum Gasteiger partial charge on any atom is 0.303 e. The molecule has 1 aliphatic heterocycles. The van der Waals surface area contributed by atoms with Gasteiger partial charge in [-0.3, -0.25) is 9.59 Å². The fourth-order valence-corrected chi connectivity index (χ4v) is 4.13. The molecule has 3 rings (SSSR count). The molecule has 1 N–H and O–H groups in total. The van der Waals surface area contributed by atoms with Gasteiger partial charge in [-0.25, -0.2) is 0 Å². The van der Waals surface area contributed by atoms with Gasteiger partial charge >= 0.3 is 5.97 Å². The van der Waals surface area contributed by atoms with Crippen LogP contribution in [-0.2, 0) is 9.59 Å². The zero-order valence-electron chi connectivity index (χ0n) is 14.2. The number of benzene rings is 1. The number of hydrogen-bond acceptors (Lipinski definition) is 2. The van der Waals surface area contributed by atoms with Crippen LogP contribution in [0.1, 0.15) is 56.4 Å². The monoisotopic (exact) mass is 329 g/mol. The van der Waals surface area contributed by atoms with Crippen molar-refractivity contribution in [1.29, 1.82) is 0 Å². The molecule has 130 valence electrons. The lowest BCUT2D eigenvalue weighted by Crippen LogP contribution is -2.41. The second-order valence-corrected chi connectivity index (χ2v) is 7.43. The van der Waals surface area contributed by atoms with E-state index in [1.54, 1.807) is 0 Å².